The Bertz CT molecular complexity index is 1120. The minimum atomic E-state index is -2.94. The Kier molecular flexibility index (Phi) is 7.70. The van der Waals surface area contributed by atoms with Gasteiger partial charge in [-0.2, -0.15) is 8.78 Å². The van der Waals surface area contributed by atoms with Gasteiger partial charge in [0.05, 0.1) is 0 Å². The van der Waals surface area contributed by atoms with Gasteiger partial charge in [-0.1, -0.05) is 79.7 Å². The second kappa shape index (κ2) is 11.1. The smallest absolute Gasteiger partial charge is 0.387 e. The zero-order valence-electron chi connectivity index (χ0n) is 19.2. The van der Waals surface area contributed by atoms with E-state index in [-0.39, 0.29) is 11.7 Å². The molecule has 34 heavy (non-hydrogen) atoms. The number of alkyl halides is 2. The van der Waals surface area contributed by atoms with Gasteiger partial charge in [-0.15, -0.1) is 0 Å². The normalized spacial score (nSPS) is 14.9. The van der Waals surface area contributed by atoms with Crippen molar-refractivity contribution in [1.29, 1.82) is 0 Å². The third kappa shape index (κ3) is 5.69. The number of para-hydroxylation sites is 1. The van der Waals surface area contributed by atoms with Crippen LogP contribution in [-0.4, -0.2) is 55.0 Å². The van der Waals surface area contributed by atoms with Crippen LogP contribution in [-0.2, 0) is 4.79 Å². The first-order chi connectivity index (χ1) is 16.5. The molecule has 1 fully saturated rings. The van der Waals surface area contributed by atoms with Crippen LogP contribution in [0.2, 0.25) is 0 Å². The molecule has 4 nitrogen and oxygen atoms in total. The van der Waals surface area contributed by atoms with Crippen molar-refractivity contribution in [2.75, 3.05) is 32.7 Å². The molecular weight excluding hydrogens is 434 g/mol. The van der Waals surface area contributed by atoms with Crippen LogP contribution < -0.4 is 4.74 Å². The highest BCUT2D eigenvalue weighted by molar-refractivity contribution is 6.24. The van der Waals surface area contributed by atoms with E-state index in [0.29, 0.717) is 24.2 Å². The van der Waals surface area contributed by atoms with Crippen molar-refractivity contribution in [1.82, 2.24) is 9.80 Å². The van der Waals surface area contributed by atoms with Crippen LogP contribution >= 0.6 is 0 Å². The molecule has 0 N–H and O–H groups in total. The summed E-state index contributed by atoms with van der Waals surface area (Å²) in [5.74, 6) is -0.0745. The van der Waals surface area contributed by atoms with Crippen molar-refractivity contribution >= 4 is 17.6 Å². The van der Waals surface area contributed by atoms with Gasteiger partial charge in [0.25, 0.3) is 5.91 Å². The van der Waals surface area contributed by atoms with Gasteiger partial charge >= 0.3 is 6.61 Å². The van der Waals surface area contributed by atoms with Gasteiger partial charge in [0.15, 0.2) is 0 Å². The Hall–Kier alpha value is -3.51. The summed E-state index contributed by atoms with van der Waals surface area (Å²) in [5, 5.41) is 0. The molecule has 1 heterocycles. The van der Waals surface area contributed by atoms with E-state index in [0.717, 1.165) is 36.3 Å². The maximum atomic E-state index is 13.6. The molecule has 3 aromatic carbocycles. The number of amides is 1. The van der Waals surface area contributed by atoms with Crippen molar-refractivity contribution in [2.45, 2.75) is 13.5 Å². The van der Waals surface area contributed by atoms with Crippen molar-refractivity contribution in [3.63, 3.8) is 0 Å². The Morgan fingerprint density at radius 3 is 2.15 bits per heavy atom. The van der Waals surface area contributed by atoms with Crippen molar-refractivity contribution in [3.05, 3.63) is 90.0 Å². The van der Waals surface area contributed by atoms with Crippen molar-refractivity contribution in [3.8, 4) is 16.9 Å². The second-order valence-corrected chi connectivity index (χ2v) is 8.14. The Labute approximate surface area is 199 Å². The predicted molar refractivity (Wildman–Crippen MR) is 132 cm³/mol. The third-order valence-corrected chi connectivity index (χ3v) is 6.08. The lowest BCUT2D eigenvalue weighted by Gasteiger charge is -2.34. The maximum absolute atomic E-state index is 13.6. The second-order valence-electron chi connectivity index (χ2n) is 8.14. The van der Waals surface area contributed by atoms with Crippen LogP contribution in [0, 0.1) is 0 Å². The van der Waals surface area contributed by atoms with Crippen LogP contribution in [0.25, 0.3) is 22.8 Å². The van der Waals surface area contributed by atoms with Gasteiger partial charge in [0.1, 0.15) is 5.75 Å². The molecule has 0 atom stereocenters. The lowest BCUT2D eigenvalue weighted by molar-refractivity contribution is -0.126. The molecule has 1 aliphatic heterocycles. The van der Waals surface area contributed by atoms with E-state index in [9.17, 15) is 13.6 Å². The zero-order valence-corrected chi connectivity index (χ0v) is 19.2. The fourth-order valence-corrected chi connectivity index (χ4v) is 4.14. The number of hydrogen-bond acceptors (Lipinski definition) is 3. The molecule has 0 aromatic heterocycles. The summed E-state index contributed by atoms with van der Waals surface area (Å²) in [5.41, 5.74) is 3.74. The number of halogens is 2. The Balaban J connectivity index is 1.70. The molecule has 0 saturated carbocycles. The summed E-state index contributed by atoms with van der Waals surface area (Å²) in [6, 6.07) is 24.3. The van der Waals surface area contributed by atoms with E-state index in [1.54, 1.807) is 24.3 Å². The first-order valence-electron chi connectivity index (χ1n) is 11.5. The molecule has 0 radical (unpaired) electrons. The molecule has 0 spiro atoms. The Morgan fingerprint density at radius 2 is 1.50 bits per heavy atom. The van der Waals surface area contributed by atoms with Crippen molar-refractivity contribution in [2.24, 2.45) is 0 Å². The topological polar surface area (TPSA) is 32.8 Å². The molecule has 6 heteroatoms. The summed E-state index contributed by atoms with van der Waals surface area (Å²) in [6.07, 6.45) is 1.66. The molecule has 0 aliphatic carbocycles. The number of hydrogen-bond donors (Lipinski definition) is 0. The number of ether oxygens (including phenoxy) is 1. The summed E-state index contributed by atoms with van der Waals surface area (Å²) in [6.45, 7) is 2.99. The monoisotopic (exact) mass is 462 g/mol. The van der Waals surface area contributed by atoms with Gasteiger partial charge in [-0.05, 0) is 35.4 Å². The van der Waals surface area contributed by atoms with E-state index < -0.39 is 6.61 Å². The van der Waals surface area contributed by atoms with Crippen molar-refractivity contribution < 1.29 is 18.3 Å². The largest absolute Gasteiger partial charge is 0.434 e. The van der Waals surface area contributed by atoms with Crippen LogP contribution in [0.15, 0.2) is 78.9 Å². The van der Waals surface area contributed by atoms with Crippen LogP contribution in [0.4, 0.5) is 8.78 Å². The number of nitrogens with zero attached hydrogens (tertiary/aromatic N) is 2. The number of likely N-dealkylation sites (N-methyl/N-ethyl adjacent to an activating group) is 1. The molecule has 176 valence electrons. The Morgan fingerprint density at radius 1 is 0.882 bits per heavy atom. The lowest BCUT2D eigenvalue weighted by atomic mass is 9.97. The zero-order chi connectivity index (χ0) is 23.9. The number of piperazine rings is 1. The van der Waals surface area contributed by atoms with E-state index in [1.807, 2.05) is 59.5 Å². The molecule has 0 bridgehead atoms. The van der Waals surface area contributed by atoms with Gasteiger partial charge in [-0.3, -0.25) is 4.79 Å². The lowest BCUT2D eigenvalue weighted by Crippen LogP contribution is -2.48. The number of benzene rings is 3. The van der Waals surface area contributed by atoms with Gasteiger partial charge in [-0.25, -0.2) is 0 Å². The molecule has 4 rings (SSSR count). The molecule has 1 aliphatic rings. The SMILES string of the molecule is CCN1CCN(C(=O)/C(=C\c2ccccc2OC(F)F)c2ccc(-c3ccccc3)cc2)CC1. The number of carbonyl (C=O) groups is 1. The highest BCUT2D eigenvalue weighted by Crippen LogP contribution is 2.29. The van der Waals surface area contributed by atoms with Gasteiger partial charge < -0.3 is 14.5 Å². The molecule has 3 aromatic rings. The number of rotatable bonds is 7. The average molecular weight is 463 g/mol. The predicted octanol–water partition coefficient (Wildman–Crippen LogP) is 5.66. The maximum Gasteiger partial charge on any atom is 0.387 e. The standard InChI is InChI=1S/C28H28F2N2O2/c1-2-31-16-18-32(19-17-31)27(33)25(20-24-10-6-7-11-26(24)34-28(29)30)23-14-12-22(13-15-23)21-8-4-3-5-9-21/h3-15,20,28H,2,16-19H2,1H3/b25-20-. The molecule has 1 amide bonds. The minimum Gasteiger partial charge on any atom is -0.434 e. The van der Waals surface area contributed by atoms with Crippen LogP contribution in [0.1, 0.15) is 18.1 Å². The summed E-state index contributed by atoms with van der Waals surface area (Å²) in [4.78, 5) is 17.8. The number of carbonyl (C=O) groups excluding carboxylic acids is 1. The molecule has 0 unspecified atom stereocenters. The molecular formula is C28H28F2N2O2. The fraction of sp³-hybridized carbons (Fsp3) is 0.250. The summed E-state index contributed by atoms with van der Waals surface area (Å²) < 4.78 is 30.6. The first kappa shape index (κ1) is 23.6. The van der Waals surface area contributed by atoms with Gasteiger partial charge in [0.2, 0.25) is 0 Å². The minimum absolute atomic E-state index is 0.0412. The first-order valence-corrected chi connectivity index (χ1v) is 11.5. The third-order valence-electron chi connectivity index (χ3n) is 6.08. The summed E-state index contributed by atoms with van der Waals surface area (Å²) >= 11 is 0. The van der Waals surface area contributed by atoms with Gasteiger partial charge in [0, 0.05) is 37.3 Å². The van der Waals surface area contributed by atoms with E-state index in [2.05, 4.69) is 11.8 Å². The highest BCUT2D eigenvalue weighted by Gasteiger charge is 2.24. The van der Waals surface area contributed by atoms with Crippen LogP contribution in [0.5, 0.6) is 5.75 Å². The fourth-order valence-electron chi connectivity index (χ4n) is 4.14. The van der Waals surface area contributed by atoms with E-state index in [1.165, 1.54) is 6.07 Å². The molecule has 1 saturated heterocycles. The average Bonchev–Trinajstić information content (AvgIpc) is 2.88. The van der Waals surface area contributed by atoms with E-state index >= 15 is 0 Å². The van der Waals surface area contributed by atoms with E-state index in [4.69, 9.17) is 4.74 Å². The highest BCUT2D eigenvalue weighted by atomic mass is 19.3. The summed E-state index contributed by atoms with van der Waals surface area (Å²) in [7, 11) is 0. The van der Waals surface area contributed by atoms with Crippen LogP contribution in [0.3, 0.4) is 0 Å². The quantitative estimate of drug-likeness (QED) is 0.336.